The van der Waals surface area contributed by atoms with Crippen LogP contribution < -0.4 is 10.6 Å². The van der Waals surface area contributed by atoms with E-state index < -0.39 is 0 Å². The van der Waals surface area contributed by atoms with Gasteiger partial charge in [-0.15, -0.1) is 0 Å². The molecule has 20 heavy (non-hydrogen) atoms. The number of hydrogen-bond donors (Lipinski definition) is 2. The van der Waals surface area contributed by atoms with Gasteiger partial charge < -0.3 is 10.6 Å². The normalized spacial score (nSPS) is 10.9. The monoisotopic (exact) mass is 266 g/mol. The Bertz CT molecular complexity index is 753. The molecule has 0 aliphatic carbocycles. The Morgan fingerprint density at radius 2 is 1.75 bits per heavy atom. The van der Waals surface area contributed by atoms with Gasteiger partial charge in [0.05, 0.1) is 23.1 Å². The Morgan fingerprint density at radius 1 is 1.05 bits per heavy atom. The standard InChI is InChI=1S/C16H18N4/c1-10-4-11(2)6-13(5-10)20(3)16-8-15-12(7-14(16)17)9-18-19-15/h4-9H,17H2,1-3H3,(H,18,19). The third-order valence-corrected chi connectivity index (χ3v) is 3.54. The van der Waals surface area contributed by atoms with Crippen LogP contribution in [0.1, 0.15) is 11.1 Å². The van der Waals surface area contributed by atoms with Gasteiger partial charge in [0.15, 0.2) is 0 Å². The zero-order chi connectivity index (χ0) is 14.3. The second-order valence-electron chi connectivity index (χ2n) is 5.27. The fourth-order valence-electron chi connectivity index (χ4n) is 2.57. The molecule has 0 aliphatic rings. The lowest BCUT2D eigenvalue weighted by atomic mass is 10.1. The summed E-state index contributed by atoms with van der Waals surface area (Å²) in [5.41, 5.74) is 12.5. The molecule has 1 heterocycles. The van der Waals surface area contributed by atoms with E-state index in [2.05, 4.69) is 47.1 Å². The van der Waals surface area contributed by atoms with E-state index in [1.807, 2.05) is 19.2 Å². The maximum absolute atomic E-state index is 6.18. The van der Waals surface area contributed by atoms with Gasteiger partial charge in [0.1, 0.15) is 0 Å². The molecule has 2 aromatic carbocycles. The molecule has 0 amide bonds. The molecule has 0 atom stereocenters. The summed E-state index contributed by atoms with van der Waals surface area (Å²) in [4.78, 5) is 2.11. The van der Waals surface area contributed by atoms with Crippen molar-refractivity contribution in [2.75, 3.05) is 17.7 Å². The average molecular weight is 266 g/mol. The molecule has 3 aromatic rings. The SMILES string of the molecule is Cc1cc(C)cc(N(C)c2cc3[nH]ncc3cc2N)c1. The minimum Gasteiger partial charge on any atom is -0.397 e. The first-order chi connectivity index (χ1) is 9.54. The van der Waals surface area contributed by atoms with Crippen molar-refractivity contribution in [2.24, 2.45) is 0 Å². The highest BCUT2D eigenvalue weighted by Crippen LogP contribution is 2.32. The summed E-state index contributed by atoms with van der Waals surface area (Å²) in [7, 11) is 2.03. The summed E-state index contributed by atoms with van der Waals surface area (Å²) in [5, 5.41) is 8.06. The van der Waals surface area contributed by atoms with Crippen molar-refractivity contribution in [2.45, 2.75) is 13.8 Å². The molecule has 0 saturated carbocycles. The first-order valence-electron chi connectivity index (χ1n) is 6.59. The lowest BCUT2D eigenvalue weighted by Crippen LogP contribution is -2.12. The van der Waals surface area contributed by atoms with E-state index in [-0.39, 0.29) is 0 Å². The van der Waals surface area contributed by atoms with Crippen LogP contribution in [0.5, 0.6) is 0 Å². The molecule has 0 unspecified atom stereocenters. The van der Waals surface area contributed by atoms with Crippen LogP contribution in [0.4, 0.5) is 17.1 Å². The highest BCUT2D eigenvalue weighted by molar-refractivity contribution is 5.90. The molecule has 0 aliphatic heterocycles. The van der Waals surface area contributed by atoms with Crippen LogP contribution >= 0.6 is 0 Å². The maximum Gasteiger partial charge on any atom is 0.0672 e. The number of nitrogens with one attached hydrogen (secondary N) is 1. The molecular formula is C16H18N4. The third kappa shape index (κ3) is 2.09. The minimum absolute atomic E-state index is 0.751. The Balaban J connectivity index is 2.11. The summed E-state index contributed by atoms with van der Waals surface area (Å²) in [5.74, 6) is 0. The molecular weight excluding hydrogens is 248 g/mol. The zero-order valence-corrected chi connectivity index (χ0v) is 11.9. The molecule has 3 rings (SSSR count). The molecule has 0 bridgehead atoms. The van der Waals surface area contributed by atoms with Crippen LogP contribution in [0.3, 0.4) is 0 Å². The number of rotatable bonds is 2. The Kier molecular flexibility index (Phi) is 2.86. The summed E-state index contributed by atoms with van der Waals surface area (Å²) in [6.07, 6.45) is 1.78. The van der Waals surface area contributed by atoms with Gasteiger partial charge in [-0.2, -0.15) is 5.10 Å². The molecule has 0 saturated heterocycles. The summed E-state index contributed by atoms with van der Waals surface area (Å²) < 4.78 is 0. The number of anilines is 3. The van der Waals surface area contributed by atoms with Crippen molar-refractivity contribution < 1.29 is 0 Å². The quantitative estimate of drug-likeness (QED) is 0.698. The molecule has 0 fully saturated rings. The van der Waals surface area contributed by atoms with Gasteiger partial charge in [-0.25, -0.2) is 0 Å². The number of fused-ring (bicyclic) bond motifs is 1. The highest BCUT2D eigenvalue weighted by Gasteiger charge is 2.10. The number of benzene rings is 2. The summed E-state index contributed by atoms with van der Waals surface area (Å²) in [6, 6.07) is 10.5. The maximum atomic E-state index is 6.18. The van der Waals surface area contributed by atoms with Gasteiger partial charge in [0.25, 0.3) is 0 Å². The van der Waals surface area contributed by atoms with Crippen molar-refractivity contribution in [3.05, 3.63) is 47.7 Å². The number of nitrogens with two attached hydrogens (primary N) is 1. The van der Waals surface area contributed by atoms with Crippen molar-refractivity contribution in [1.29, 1.82) is 0 Å². The van der Waals surface area contributed by atoms with Gasteiger partial charge >= 0.3 is 0 Å². The number of aryl methyl sites for hydroxylation is 2. The molecule has 0 radical (unpaired) electrons. The minimum atomic E-state index is 0.751. The fourth-order valence-corrected chi connectivity index (χ4v) is 2.57. The van der Waals surface area contributed by atoms with Crippen LogP contribution in [0, 0.1) is 13.8 Å². The van der Waals surface area contributed by atoms with Crippen LogP contribution in [-0.2, 0) is 0 Å². The molecule has 4 nitrogen and oxygen atoms in total. The van der Waals surface area contributed by atoms with Gasteiger partial charge in [-0.05, 0) is 49.2 Å². The summed E-state index contributed by atoms with van der Waals surface area (Å²) >= 11 is 0. The van der Waals surface area contributed by atoms with Gasteiger partial charge in [-0.3, -0.25) is 5.10 Å². The van der Waals surface area contributed by atoms with Gasteiger partial charge in [-0.1, -0.05) is 6.07 Å². The van der Waals surface area contributed by atoms with Crippen molar-refractivity contribution >= 4 is 28.0 Å². The van der Waals surface area contributed by atoms with Gasteiger partial charge in [0.2, 0.25) is 0 Å². The lowest BCUT2D eigenvalue weighted by molar-refractivity contribution is 1.12. The molecule has 102 valence electrons. The first-order valence-corrected chi connectivity index (χ1v) is 6.59. The van der Waals surface area contributed by atoms with Crippen molar-refractivity contribution in [3.8, 4) is 0 Å². The van der Waals surface area contributed by atoms with E-state index in [1.165, 1.54) is 11.1 Å². The van der Waals surface area contributed by atoms with Crippen LogP contribution in [0.2, 0.25) is 0 Å². The lowest BCUT2D eigenvalue weighted by Gasteiger charge is -2.22. The van der Waals surface area contributed by atoms with E-state index in [1.54, 1.807) is 6.20 Å². The molecule has 4 heteroatoms. The predicted octanol–water partition coefficient (Wildman–Crippen LogP) is 3.53. The highest BCUT2D eigenvalue weighted by atomic mass is 15.1. The van der Waals surface area contributed by atoms with Crippen molar-refractivity contribution in [3.63, 3.8) is 0 Å². The number of nitrogen functional groups attached to an aromatic ring is 1. The topological polar surface area (TPSA) is 57.9 Å². The number of aromatic nitrogens is 2. The van der Waals surface area contributed by atoms with Crippen LogP contribution in [0.15, 0.2) is 36.5 Å². The molecule has 1 aromatic heterocycles. The van der Waals surface area contributed by atoms with E-state index in [4.69, 9.17) is 5.73 Å². The Labute approximate surface area is 118 Å². The third-order valence-electron chi connectivity index (χ3n) is 3.54. The zero-order valence-electron chi connectivity index (χ0n) is 11.9. The van der Waals surface area contributed by atoms with Crippen LogP contribution in [0.25, 0.3) is 10.9 Å². The second-order valence-corrected chi connectivity index (χ2v) is 5.27. The smallest absolute Gasteiger partial charge is 0.0672 e. The predicted molar refractivity (Wildman–Crippen MR) is 84.5 cm³/mol. The largest absolute Gasteiger partial charge is 0.397 e. The second kappa shape index (κ2) is 4.56. The van der Waals surface area contributed by atoms with E-state index in [0.29, 0.717) is 0 Å². The van der Waals surface area contributed by atoms with E-state index in [0.717, 1.165) is 28.0 Å². The van der Waals surface area contributed by atoms with E-state index in [9.17, 15) is 0 Å². The number of H-pyrrole nitrogens is 1. The first kappa shape index (κ1) is 12.5. The number of aromatic amines is 1. The number of nitrogens with zero attached hydrogens (tertiary/aromatic N) is 2. The van der Waals surface area contributed by atoms with Gasteiger partial charge in [0, 0.05) is 18.1 Å². The Hall–Kier alpha value is -2.49. The number of hydrogen-bond acceptors (Lipinski definition) is 3. The van der Waals surface area contributed by atoms with E-state index >= 15 is 0 Å². The summed E-state index contributed by atoms with van der Waals surface area (Å²) in [6.45, 7) is 4.21. The molecule has 0 spiro atoms. The van der Waals surface area contributed by atoms with Crippen LogP contribution in [-0.4, -0.2) is 17.2 Å². The fraction of sp³-hybridized carbons (Fsp3) is 0.188. The average Bonchev–Trinajstić information content (AvgIpc) is 2.82. The van der Waals surface area contributed by atoms with Crippen molar-refractivity contribution in [1.82, 2.24) is 10.2 Å². The Morgan fingerprint density at radius 3 is 2.45 bits per heavy atom. The molecule has 3 N–H and O–H groups in total.